The third kappa shape index (κ3) is 2.85. The van der Waals surface area contributed by atoms with Crippen molar-refractivity contribution >= 4 is 27.4 Å². The fourth-order valence-electron chi connectivity index (χ4n) is 1.54. The number of carbonyl (C=O) groups is 1. The van der Waals surface area contributed by atoms with Crippen LogP contribution in [-0.2, 0) is 10.0 Å². The third-order valence-electron chi connectivity index (χ3n) is 2.35. The zero-order chi connectivity index (χ0) is 14.9. The Bertz CT molecular complexity index is 750. The summed E-state index contributed by atoms with van der Waals surface area (Å²) >= 11 is 0. The van der Waals surface area contributed by atoms with E-state index in [1.807, 2.05) is 0 Å². The van der Waals surface area contributed by atoms with E-state index < -0.39 is 15.9 Å². The first-order chi connectivity index (χ1) is 9.28. The second-order valence-corrected chi connectivity index (χ2v) is 5.77. The number of aromatic nitrogens is 3. The number of nitrogens with zero attached hydrogens (tertiary/aromatic N) is 3. The molecule has 2 rings (SSSR count). The molecule has 0 bridgehead atoms. The molecule has 0 aliphatic rings. The van der Waals surface area contributed by atoms with Gasteiger partial charge in [-0.1, -0.05) is 5.21 Å². The Balaban J connectivity index is 2.33. The normalized spacial score (nSPS) is 11.2. The molecule has 0 saturated carbocycles. The molecule has 1 aromatic carbocycles. The first-order valence-electron chi connectivity index (χ1n) is 5.37. The number of sulfonamides is 1. The summed E-state index contributed by atoms with van der Waals surface area (Å²) in [7, 11) is -3.34. The van der Waals surface area contributed by atoms with E-state index in [1.165, 1.54) is 16.8 Å². The van der Waals surface area contributed by atoms with Crippen molar-refractivity contribution in [3.8, 4) is 5.69 Å². The first kappa shape index (κ1) is 13.8. The van der Waals surface area contributed by atoms with Gasteiger partial charge in [0, 0.05) is 5.69 Å². The van der Waals surface area contributed by atoms with Crippen LogP contribution in [0, 0.1) is 0 Å². The smallest absolute Gasteiger partial charge is 0.273 e. The number of benzene rings is 1. The van der Waals surface area contributed by atoms with E-state index in [0.717, 1.165) is 6.26 Å². The lowest BCUT2D eigenvalue weighted by atomic mass is 10.3. The molecule has 1 amide bonds. The zero-order valence-corrected chi connectivity index (χ0v) is 11.3. The summed E-state index contributed by atoms with van der Waals surface area (Å²) in [6.45, 7) is 0. The van der Waals surface area contributed by atoms with Gasteiger partial charge in [0.05, 0.1) is 11.9 Å². The molecule has 0 fully saturated rings. The van der Waals surface area contributed by atoms with Gasteiger partial charge in [0.15, 0.2) is 11.5 Å². The maximum Gasteiger partial charge on any atom is 0.273 e. The van der Waals surface area contributed by atoms with Crippen LogP contribution < -0.4 is 16.2 Å². The predicted molar refractivity (Wildman–Crippen MR) is 72.8 cm³/mol. The minimum atomic E-state index is -3.34. The van der Waals surface area contributed by atoms with E-state index >= 15 is 0 Å². The van der Waals surface area contributed by atoms with Gasteiger partial charge in [-0.05, 0) is 24.3 Å². The van der Waals surface area contributed by atoms with Crippen LogP contribution in [0.1, 0.15) is 10.5 Å². The highest BCUT2D eigenvalue weighted by atomic mass is 32.2. The molecule has 106 valence electrons. The molecule has 0 radical (unpaired) electrons. The van der Waals surface area contributed by atoms with Crippen molar-refractivity contribution in [2.75, 3.05) is 16.7 Å². The number of rotatable bonds is 4. The zero-order valence-electron chi connectivity index (χ0n) is 10.4. The highest BCUT2D eigenvalue weighted by molar-refractivity contribution is 7.92. The maximum absolute atomic E-state index is 11.1. The van der Waals surface area contributed by atoms with E-state index in [0.29, 0.717) is 11.4 Å². The first-order valence-corrected chi connectivity index (χ1v) is 7.26. The number of nitrogens with two attached hydrogens (primary N) is 2. The summed E-state index contributed by atoms with van der Waals surface area (Å²) in [5, 5.41) is 7.29. The van der Waals surface area contributed by atoms with Gasteiger partial charge in [-0.2, -0.15) is 4.68 Å². The van der Waals surface area contributed by atoms with Crippen LogP contribution in [0.15, 0.2) is 24.3 Å². The molecule has 0 atom stereocenters. The van der Waals surface area contributed by atoms with E-state index in [9.17, 15) is 13.2 Å². The lowest BCUT2D eigenvalue weighted by Crippen LogP contribution is -2.14. The monoisotopic (exact) mass is 296 g/mol. The molecule has 10 heteroatoms. The van der Waals surface area contributed by atoms with Crippen LogP contribution in [0.2, 0.25) is 0 Å². The van der Waals surface area contributed by atoms with Gasteiger partial charge in [-0.15, -0.1) is 5.10 Å². The molecule has 1 heterocycles. The van der Waals surface area contributed by atoms with E-state index in [4.69, 9.17) is 11.5 Å². The number of anilines is 2. The van der Waals surface area contributed by atoms with Crippen LogP contribution in [0.5, 0.6) is 0 Å². The minimum Gasteiger partial charge on any atom is -0.382 e. The largest absolute Gasteiger partial charge is 0.382 e. The number of hydrogen-bond acceptors (Lipinski definition) is 6. The standard InChI is InChI=1S/C10H12N6O3S/c1-20(18,19)14-6-2-4-7(5-3-6)16-9(11)8(10(12)17)13-15-16/h2-5,14H,11H2,1H3,(H2,12,17). The van der Waals surface area contributed by atoms with Crippen molar-refractivity contribution in [3.63, 3.8) is 0 Å². The lowest BCUT2D eigenvalue weighted by Gasteiger charge is -2.06. The van der Waals surface area contributed by atoms with Crippen molar-refractivity contribution in [1.29, 1.82) is 0 Å². The Kier molecular flexibility index (Phi) is 3.32. The molecule has 0 aliphatic carbocycles. The van der Waals surface area contributed by atoms with Crippen molar-refractivity contribution in [3.05, 3.63) is 30.0 Å². The molecule has 5 N–H and O–H groups in total. The maximum atomic E-state index is 11.1. The van der Waals surface area contributed by atoms with Crippen molar-refractivity contribution < 1.29 is 13.2 Å². The Labute approximate surface area is 114 Å². The van der Waals surface area contributed by atoms with Gasteiger partial charge in [0.25, 0.3) is 5.91 Å². The molecular weight excluding hydrogens is 284 g/mol. The number of nitrogen functional groups attached to an aromatic ring is 1. The summed E-state index contributed by atoms with van der Waals surface area (Å²) in [4.78, 5) is 11.0. The third-order valence-corrected chi connectivity index (χ3v) is 2.96. The number of primary amides is 1. The molecule has 9 nitrogen and oxygen atoms in total. The predicted octanol–water partition coefficient (Wildman–Crippen LogP) is -0.680. The summed E-state index contributed by atoms with van der Waals surface area (Å²) < 4.78 is 25.7. The van der Waals surface area contributed by atoms with Gasteiger partial charge in [-0.3, -0.25) is 9.52 Å². The molecular formula is C10H12N6O3S. The average molecular weight is 296 g/mol. The molecule has 0 aliphatic heterocycles. The van der Waals surface area contributed by atoms with Crippen LogP contribution in [0.3, 0.4) is 0 Å². The molecule has 20 heavy (non-hydrogen) atoms. The topological polar surface area (TPSA) is 146 Å². The fourth-order valence-corrected chi connectivity index (χ4v) is 2.10. The molecule has 0 unspecified atom stereocenters. The fraction of sp³-hybridized carbons (Fsp3) is 0.100. The number of amides is 1. The van der Waals surface area contributed by atoms with Crippen molar-refractivity contribution in [2.45, 2.75) is 0 Å². The summed E-state index contributed by atoms with van der Waals surface area (Å²) in [5.74, 6) is -0.759. The Hall–Kier alpha value is -2.62. The van der Waals surface area contributed by atoms with Gasteiger partial charge in [0.1, 0.15) is 0 Å². The number of carbonyl (C=O) groups excluding carboxylic acids is 1. The van der Waals surface area contributed by atoms with Crippen LogP contribution in [-0.4, -0.2) is 35.6 Å². The number of nitrogens with one attached hydrogen (secondary N) is 1. The van der Waals surface area contributed by atoms with Crippen LogP contribution in [0.25, 0.3) is 5.69 Å². The molecule has 0 spiro atoms. The Morgan fingerprint density at radius 1 is 1.30 bits per heavy atom. The van der Waals surface area contributed by atoms with E-state index in [1.54, 1.807) is 12.1 Å². The van der Waals surface area contributed by atoms with E-state index in [-0.39, 0.29) is 11.5 Å². The highest BCUT2D eigenvalue weighted by Crippen LogP contribution is 2.17. The summed E-state index contributed by atoms with van der Waals surface area (Å²) in [6.07, 6.45) is 1.05. The number of hydrogen-bond donors (Lipinski definition) is 3. The lowest BCUT2D eigenvalue weighted by molar-refractivity contribution is 0.0996. The Morgan fingerprint density at radius 3 is 2.35 bits per heavy atom. The van der Waals surface area contributed by atoms with Crippen LogP contribution in [0.4, 0.5) is 11.5 Å². The molecule has 1 aromatic heterocycles. The molecule has 0 saturated heterocycles. The SMILES string of the molecule is CS(=O)(=O)Nc1ccc(-n2nnc(C(N)=O)c2N)cc1. The minimum absolute atomic E-state index is 0.0151. The quantitative estimate of drug-likeness (QED) is 0.681. The van der Waals surface area contributed by atoms with Gasteiger partial charge in [0.2, 0.25) is 10.0 Å². The summed E-state index contributed by atoms with van der Waals surface area (Å²) in [5.41, 5.74) is 11.6. The second-order valence-electron chi connectivity index (χ2n) is 4.02. The average Bonchev–Trinajstić information content (AvgIpc) is 2.70. The molecule has 2 aromatic rings. The highest BCUT2D eigenvalue weighted by Gasteiger charge is 2.15. The van der Waals surface area contributed by atoms with Gasteiger partial charge in [-0.25, -0.2) is 8.42 Å². The Morgan fingerprint density at radius 2 is 1.90 bits per heavy atom. The van der Waals surface area contributed by atoms with E-state index in [2.05, 4.69) is 15.0 Å². The summed E-state index contributed by atoms with van der Waals surface area (Å²) in [6, 6.07) is 6.20. The van der Waals surface area contributed by atoms with Crippen molar-refractivity contribution in [2.24, 2.45) is 5.73 Å². The second kappa shape index (κ2) is 4.81. The van der Waals surface area contributed by atoms with Crippen LogP contribution >= 0.6 is 0 Å². The van der Waals surface area contributed by atoms with Crippen molar-refractivity contribution in [1.82, 2.24) is 15.0 Å². The van der Waals surface area contributed by atoms with Gasteiger partial charge < -0.3 is 11.5 Å². The van der Waals surface area contributed by atoms with Gasteiger partial charge >= 0.3 is 0 Å².